The zero-order valence-corrected chi connectivity index (χ0v) is 11.2. The molecule has 1 saturated heterocycles. The van der Waals surface area contributed by atoms with Gasteiger partial charge in [-0.1, -0.05) is 6.92 Å². The summed E-state index contributed by atoms with van der Waals surface area (Å²) in [5.74, 6) is -0.844. The molecule has 0 aromatic carbocycles. The smallest absolute Gasteiger partial charge is 0.319 e. The molecule has 1 rings (SSSR count). The molecule has 19 heavy (non-hydrogen) atoms. The summed E-state index contributed by atoms with van der Waals surface area (Å²) >= 11 is 0. The van der Waals surface area contributed by atoms with Crippen LogP contribution in [0.4, 0.5) is 13.6 Å². The molecule has 7 heteroatoms. The van der Waals surface area contributed by atoms with Gasteiger partial charge in [-0.15, -0.1) is 0 Å². The van der Waals surface area contributed by atoms with Crippen molar-refractivity contribution in [3.8, 4) is 0 Å². The molecule has 2 amide bonds. The summed E-state index contributed by atoms with van der Waals surface area (Å²) in [6.07, 6.45) is -1.32. The Bertz CT molecular complexity index is 342. The second-order valence-corrected chi connectivity index (χ2v) is 4.98. The van der Waals surface area contributed by atoms with Crippen molar-refractivity contribution in [2.75, 3.05) is 26.7 Å². The lowest BCUT2D eigenvalue weighted by molar-refractivity contribution is -0.152. The highest BCUT2D eigenvalue weighted by Gasteiger charge is 2.41. The van der Waals surface area contributed by atoms with Crippen LogP contribution in [-0.2, 0) is 4.79 Å². The molecule has 1 aliphatic rings. The minimum Gasteiger partial charge on any atom is -0.481 e. The average Bonchev–Trinajstić information content (AvgIpc) is 2.37. The van der Waals surface area contributed by atoms with Crippen LogP contribution >= 0.6 is 0 Å². The van der Waals surface area contributed by atoms with Gasteiger partial charge in [0.1, 0.15) is 0 Å². The van der Waals surface area contributed by atoms with Crippen molar-refractivity contribution < 1.29 is 23.5 Å². The Morgan fingerprint density at radius 3 is 2.26 bits per heavy atom. The van der Waals surface area contributed by atoms with Gasteiger partial charge in [0.2, 0.25) is 0 Å². The van der Waals surface area contributed by atoms with Crippen LogP contribution in [0.25, 0.3) is 0 Å². The maximum absolute atomic E-state index is 12.2. The van der Waals surface area contributed by atoms with Gasteiger partial charge in [0, 0.05) is 20.1 Å². The van der Waals surface area contributed by atoms with E-state index >= 15 is 0 Å². The van der Waals surface area contributed by atoms with Crippen LogP contribution in [-0.4, -0.2) is 60.0 Å². The minimum atomic E-state index is -2.56. The first kappa shape index (κ1) is 15.7. The van der Waals surface area contributed by atoms with Crippen LogP contribution < -0.4 is 0 Å². The maximum Gasteiger partial charge on any atom is 0.319 e. The topological polar surface area (TPSA) is 60.9 Å². The number of carbonyl (C=O) groups is 2. The highest BCUT2D eigenvalue weighted by molar-refractivity contribution is 5.77. The van der Waals surface area contributed by atoms with Crippen molar-refractivity contribution in [2.24, 2.45) is 5.41 Å². The first-order chi connectivity index (χ1) is 8.82. The summed E-state index contributed by atoms with van der Waals surface area (Å²) in [5.41, 5.74) is -0.780. The highest BCUT2D eigenvalue weighted by atomic mass is 19.3. The van der Waals surface area contributed by atoms with E-state index in [9.17, 15) is 23.5 Å². The molecule has 0 aliphatic carbocycles. The quantitative estimate of drug-likeness (QED) is 0.854. The third-order valence-corrected chi connectivity index (χ3v) is 3.86. The van der Waals surface area contributed by atoms with Gasteiger partial charge in [-0.2, -0.15) is 0 Å². The Balaban J connectivity index is 2.58. The van der Waals surface area contributed by atoms with Crippen molar-refractivity contribution in [1.29, 1.82) is 0 Å². The van der Waals surface area contributed by atoms with Crippen LogP contribution in [0.5, 0.6) is 0 Å². The van der Waals surface area contributed by atoms with Gasteiger partial charge in [0.05, 0.1) is 12.0 Å². The zero-order valence-electron chi connectivity index (χ0n) is 11.2. The standard InChI is InChI=1S/C12H20F2N2O3/c1-3-12(10(17)18)4-6-16(7-5-12)11(19)15(2)8-9(13)14/h9H,3-8H2,1-2H3,(H,17,18). The third-order valence-electron chi connectivity index (χ3n) is 3.86. The summed E-state index contributed by atoms with van der Waals surface area (Å²) in [6.45, 7) is 1.81. The fourth-order valence-corrected chi connectivity index (χ4v) is 2.37. The van der Waals surface area contributed by atoms with Gasteiger partial charge in [-0.25, -0.2) is 13.6 Å². The molecule has 1 heterocycles. The highest BCUT2D eigenvalue weighted by Crippen LogP contribution is 2.35. The van der Waals surface area contributed by atoms with Crippen LogP contribution in [0.1, 0.15) is 26.2 Å². The molecule has 0 radical (unpaired) electrons. The van der Waals surface area contributed by atoms with Gasteiger partial charge in [-0.3, -0.25) is 4.79 Å². The number of urea groups is 1. The van der Waals surface area contributed by atoms with Gasteiger partial charge in [0.15, 0.2) is 0 Å². The number of piperidine rings is 1. The SMILES string of the molecule is CCC1(C(=O)O)CCN(C(=O)N(C)CC(F)F)CC1. The molecule has 0 saturated carbocycles. The lowest BCUT2D eigenvalue weighted by Crippen LogP contribution is -2.50. The lowest BCUT2D eigenvalue weighted by Gasteiger charge is -2.39. The van der Waals surface area contributed by atoms with Crippen molar-refractivity contribution in [1.82, 2.24) is 9.80 Å². The lowest BCUT2D eigenvalue weighted by atomic mass is 9.76. The summed E-state index contributed by atoms with van der Waals surface area (Å²) in [7, 11) is 1.33. The number of amides is 2. The van der Waals surface area contributed by atoms with Crippen molar-refractivity contribution in [3.05, 3.63) is 0 Å². The number of likely N-dealkylation sites (tertiary alicyclic amines) is 1. The van der Waals surface area contributed by atoms with Gasteiger partial charge in [0.25, 0.3) is 6.43 Å². The summed E-state index contributed by atoms with van der Waals surface area (Å²) in [6, 6.07) is -0.463. The van der Waals surface area contributed by atoms with E-state index in [4.69, 9.17) is 0 Å². The van der Waals surface area contributed by atoms with E-state index < -0.39 is 30.4 Å². The molecular weight excluding hydrogens is 258 g/mol. The number of aliphatic carboxylic acids is 1. The molecular formula is C12H20F2N2O3. The Labute approximate surface area is 111 Å². The normalized spacial score (nSPS) is 18.5. The fraction of sp³-hybridized carbons (Fsp3) is 0.833. The number of carbonyl (C=O) groups excluding carboxylic acids is 1. The van der Waals surface area contributed by atoms with Crippen molar-refractivity contribution in [3.63, 3.8) is 0 Å². The van der Waals surface area contributed by atoms with Gasteiger partial charge >= 0.3 is 12.0 Å². The summed E-state index contributed by atoms with van der Waals surface area (Å²) in [5, 5.41) is 9.23. The van der Waals surface area contributed by atoms with E-state index in [1.165, 1.54) is 11.9 Å². The first-order valence-electron chi connectivity index (χ1n) is 6.34. The predicted molar refractivity (Wildman–Crippen MR) is 65.2 cm³/mol. The fourth-order valence-electron chi connectivity index (χ4n) is 2.37. The third kappa shape index (κ3) is 3.54. The number of carboxylic acid groups (broad SMARTS) is 1. The second kappa shape index (κ2) is 6.16. The Morgan fingerprint density at radius 1 is 1.37 bits per heavy atom. The molecule has 5 nitrogen and oxygen atoms in total. The molecule has 1 fully saturated rings. The maximum atomic E-state index is 12.2. The molecule has 0 unspecified atom stereocenters. The molecule has 0 atom stereocenters. The van der Waals surface area contributed by atoms with E-state index in [1.54, 1.807) is 0 Å². The Morgan fingerprint density at radius 2 is 1.89 bits per heavy atom. The average molecular weight is 278 g/mol. The van der Waals surface area contributed by atoms with Crippen LogP contribution in [0.2, 0.25) is 0 Å². The van der Waals surface area contributed by atoms with E-state index in [0.717, 1.165) is 4.90 Å². The second-order valence-electron chi connectivity index (χ2n) is 4.98. The number of rotatable bonds is 4. The Hall–Kier alpha value is -1.40. The number of hydrogen-bond donors (Lipinski definition) is 1. The van der Waals surface area contributed by atoms with E-state index in [0.29, 0.717) is 32.4 Å². The molecule has 1 N–H and O–H groups in total. The first-order valence-corrected chi connectivity index (χ1v) is 6.34. The molecule has 0 aromatic heterocycles. The Kier molecular flexibility index (Phi) is 5.08. The van der Waals surface area contributed by atoms with E-state index in [-0.39, 0.29) is 0 Å². The van der Waals surface area contributed by atoms with Crippen LogP contribution in [0.15, 0.2) is 0 Å². The number of halogens is 2. The van der Waals surface area contributed by atoms with Crippen molar-refractivity contribution >= 4 is 12.0 Å². The monoisotopic (exact) mass is 278 g/mol. The minimum absolute atomic E-state index is 0.298. The van der Waals surface area contributed by atoms with Crippen LogP contribution in [0.3, 0.4) is 0 Å². The predicted octanol–water partition coefficient (Wildman–Crippen LogP) is 1.88. The molecule has 1 aliphatic heterocycles. The molecule has 0 bridgehead atoms. The van der Waals surface area contributed by atoms with Gasteiger partial charge < -0.3 is 14.9 Å². The zero-order chi connectivity index (χ0) is 14.6. The summed E-state index contributed by atoms with van der Waals surface area (Å²) < 4.78 is 24.4. The molecule has 0 spiro atoms. The van der Waals surface area contributed by atoms with Crippen LogP contribution in [0, 0.1) is 5.41 Å². The van der Waals surface area contributed by atoms with Gasteiger partial charge in [-0.05, 0) is 19.3 Å². The number of carboxylic acids is 1. The number of hydrogen-bond acceptors (Lipinski definition) is 2. The number of nitrogens with zero attached hydrogens (tertiary/aromatic N) is 2. The largest absolute Gasteiger partial charge is 0.481 e. The number of alkyl halides is 2. The molecule has 110 valence electrons. The van der Waals surface area contributed by atoms with Crippen molar-refractivity contribution in [2.45, 2.75) is 32.6 Å². The van der Waals surface area contributed by atoms with E-state index in [2.05, 4.69) is 0 Å². The molecule has 0 aromatic rings. The van der Waals surface area contributed by atoms with E-state index in [1.807, 2.05) is 6.92 Å². The summed E-state index contributed by atoms with van der Waals surface area (Å²) in [4.78, 5) is 25.5.